The first kappa shape index (κ1) is 21.6. The van der Waals surface area contributed by atoms with Crippen molar-refractivity contribution in [2.45, 2.75) is 24.7 Å². The summed E-state index contributed by atoms with van der Waals surface area (Å²) in [5.41, 5.74) is 0.385. The van der Waals surface area contributed by atoms with Crippen LogP contribution in [0.25, 0.3) is 0 Å². The van der Waals surface area contributed by atoms with Crippen molar-refractivity contribution in [3.63, 3.8) is 0 Å². The van der Waals surface area contributed by atoms with Gasteiger partial charge in [0.1, 0.15) is 10.6 Å². The first-order valence-electron chi connectivity index (χ1n) is 8.66. The highest BCUT2D eigenvalue weighted by atomic mass is 35.5. The number of hydrogen-bond acceptors (Lipinski definition) is 5. The molecule has 3 heterocycles. The first-order valence-corrected chi connectivity index (χ1v) is 11.3. The molecule has 26 heavy (non-hydrogen) atoms. The number of piperidine rings is 1. The Morgan fingerprint density at radius 2 is 1.96 bits per heavy atom. The maximum Gasteiger partial charge on any atom is 0.267 e. The second kappa shape index (κ2) is 8.97. The fourth-order valence-corrected chi connectivity index (χ4v) is 5.76. The molecule has 0 radical (unpaired) electrons. The quantitative estimate of drug-likeness (QED) is 0.664. The zero-order chi connectivity index (χ0) is 17.9. The average molecular weight is 423 g/mol. The molecule has 10 heteroatoms. The average Bonchev–Trinajstić information content (AvgIpc) is 3.12. The largest absolute Gasteiger partial charge is 0.356 e. The number of hydrogen-bond donors (Lipinski definition) is 3. The molecule has 0 atom stereocenters. The van der Waals surface area contributed by atoms with Crippen LogP contribution in [0.2, 0.25) is 0 Å². The van der Waals surface area contributed by atoms with Gasteiger partial charge in [-0.15, -0.1) is 12.4 Å². The van der Waals surface area contributed by atoms with Crippen molar-refractivity contribution in [1.29, 1.82) is 0 Å². The molecule has 3 rings (SSSR count). The SMILES string of the molecule is CC1(CNC(=O)c2cc(S(=O)(=O)N3CCSCC3)c[nH]2)CCNCC1.Cl. The minimum absolute atomic E-state index is 0. The van der Waals surface area contributed by atoms with Crippen LogP contribution in [-0.2, 0) is 10.0 Å². The highest BCUT2D eigenvalue weighted by molar-refractivity contribution is 7.99. The van der Waals surface area contributed by atoms with Crippen LogP contribution in [0, 0.1) is 5.41 Å². The van der Waals surface area contributed by atoms with Gasteiger partial charge in [-0.25, -0.2) is 8.42 Å². The summed E-state index contributed by atoms with van der Waals surface area (Å²) in [6.07, 6.45) is 3.45. The Balaban J connectivity index is 0.00000243. The summed E-state index contributed by atoms with van der Waals surface area (Å²) >= 11 is 1.76. The molecule has 2 aliphatic rings. The highest BCUT2D eigenvalue weighted by Gasteiger charge is 2.29. The molecule has 3 N–H and O–H groups in total. The molecule has 0 aromatic carbocycles. The van der Waals surface area contributed by atoms with Crippen LogP contribution in [0.5, 0.6) is 0 Å². The van der Waals surface area contributed by atoms with Crippen molar-refractivity contribution in [2.24, 2.45) is 5.41 Å². The summed E-state index contributed by atoms with van der Waals surface area (Å²) in [4.78, 5) is 15.4. The van der Waals surface area contributed by atoms with E-state index in [0.29, 0.717) is 25.3 Å². The topological polar surface area (TPSA) is 94.3 Å². The second-order valence-corrected chi connectivity index (χ2v) is 10.2. The standard InChI is InChI=1S/C16H26N4O3S2.ClH/c1-16(2-4-17-5-3-16)12-19-15(21)14-10-13(11-18-14)25(22,23)20-6-8-24-9-7-20;/h10-11,17-18H,2-9,12H2,1H3,(H,19,21);1H. The van der Waals surface area contributed by atoms with Gasteiger partial charge in [-0.05, 0) is 37.4 Å². The molecule has 0 spiro atoms. The van der Waals surface area contributed by atoms with Crippen molar-refractivity contribution in [3.05, 3.63) is 18.0 Å². The summed E-state index contributed by atoms with van der Waals surface area (Å²) in [5, 5.41) is 6.26. The summed E-state index contributed by atoms with van der Waals surface area (Å²) in [6, 6.07) is 1.44. The van der Waals surface area contributed by atoms with Gasteiger partial charge in [-0.2, -0.15) is 16.1 Å². The number of aromatic nitrogens is 1. The number of thioether (sulfide) groups is 1. The Morgan fingerprint density at radius 3 is 2.62 bits per heavy atom. The number of carbonyl (C=O) groups excluding carboxylic acids is 1. The lowest BCUT2D eigenvalue weighted by Gasteiger charge is -2.34. The molecule has 1 aromatic rings. The van der Waals surface area contributed by atoms with E-state index in [0.717, 1.165) is 37.4 Å². The Bertz CT molecular complexity index is 711. The van der Waals surface area contributed by atoms with Crippen LogP contribution >= 0.6 is 24.2 Å². The van der Waals surface area contributed by atoms with Gasteiger partial charge in [0.25, 0.3) is 5.91 Å². The second-order valence-electron chi connectivity index (χ2n) is 7.01. The molecule has 1 amide bonds. The Kier molecular flexibility index (Phi) is 7.43. The maximum absolute atomic E-state index is 12.6. The highest BCUT2D eigenvalue weighted by Crippen LogP contribution is 2.27. The Labute approximate surface area is 165 Å². The number of H-pyrrole nitrogens is 1. The van der Waals surface area contributed by atoms with Crippen molar-refractivity contribution in [2.75, 3.05) is 44.2 Å². The third kappa shape index (κ3) is 4.95. The summed E-state index contributed by atoms with van der Waals surface area (Å²) in [7, 11) is -3.52. The van der Waals surface area contributed by atoms with E-state index in [9.17, 15) is 13.2 Å². The van der Waals surface area contributed by atoms with E-state index in [2.05, 4.69) is 22.5 Å². The fraction of sp³-hybridized carbons (Fsp3) is 0.688. The van der Waals surface area contributed by atoms with Crippen molar-refractivity contribution in [1.82, 2.24) is 19.9 Å². The normalized spacial score (nSPS) is 21.0. The van der Waals surface area contributed by atoms with Gasteiger partial charge in [-0.3, -0.25) is 4.79 Å². The first-order chi connectivity index (χ1) is 11.9. The van der Waals surface area contributed by atoms with Gasteiger partial charge >= 0.3 is 0 Å². The number of nitrogens with one attached hydrogen (secondary N) is 3. The fourth-order valence-electron chi connectivity index (χ4n) is 3.19. The molecule has 2 saturated heterocycles. The molecular weight excluding hydrogens is 396 g/mol. The molecule has 1 aromatic heterocycles. The lowest BCUT2D eigenvalue weighted by Crippen LogP contribution is -2.43. The van der Waals surface area contributed by atoms with Crippen LogP contribution in [0.15, 0.2) is 17.2 Å². The number of carbonyl (C=O) groups is 1. The molecule has 148 valence electrons. The number of rotatable bonds is 5. The molecule has 2 aliphatic heterocycles. The predicted molar refractivity (Wildman–Crippen MR) is 107 cm³/mol. The van der Waals surface area contributed by atoms with Gasteiger partial charge in [0.05, 0.1) is 0 Å². The van der Waals surface area contributed by atoms with Crippen molar-refractivity contribution < 1.29 is 13.2 Å². The van der Waals surface area contributed by atoms with Crippen LogP contribution in [-0.4, -0.2) is 67.8 Å². The zero-order valence-electron chi connectivity index (χ0n) is 14.9. The van der Waals surface area contributed by atoms with Gasteiger partial charge in [-0.1, -0.05) is 6.92 Å². The third-order valence-corrected chi connectivity index (χ3v) is 7.81. The van der Waals surface area contributed by atoms with Gasteiger partial charge in [0.15, 0.2) is 0 Å². The molecule has 0 aliphatic carbocycles. The monoisotopic (exact) mass is 422 g/mol. The van der Waals surface area contributed by atoms with Crippen LogP contribution in [0.3, 0.4) is 0 Å². The van der Waals surface area contributed by atoms with E-state index in [-0.39, 0.29) is 28.6 Å². The lowest BCUT2D eigenvalue weighted by molar-refractivity contribution is 0.0918. The van der Waals surface area contributed by atoms with E-state index in [1.54, 1.807) is 11.8 Å². The van der Waals surface area contributed by atoms with Crippen LogP contribution in [0.4, 0.5) is 0 Å². The van der Waals surface area contributed by atoms with E-state index < -0.39 is 10.0 Å². The number of aromatic amines is 1. The van der Waals surface area contributed by atoms with E-state index in [4.69, 9.17) is 0 Å². The van der Waals surface area contributed by atoms with Crippen molar-refractivity contribution >= 4 is 40.1 Å². The zero-order valence-corrected chi connectivity index (χ0v) is 17.4. The van der Waals surface area contributed by atoms with Gasteiger partial charge < -0.3 is 15.6 Å². The minimum Gasteiger partial charge on any atom is -0.356 e. The minimum atomic E-state index is -3.52. The van der Waals surface area contributed by atoms with Crippen LogP contribution in [0.1, 0.15) is 30.3 Å². The van der Waals surface area contributed by atoms with Crippen molar-refractivity contribution in [3.8, 4) is 0 Å². The summed E-state index contributed by atoms with van der Waals surface area (Å²) in [6.45, 7) is 5.74. The number of halogens is 1. The van der Waals surface area contributed by atoms with Crippen LogP contribution < -0.4 is 10.6 Å². The van der Waals surface area contributed by atoms with E-state index in [1.165, 1.54) is 16.6 Å². The Hall–Kier alpha value is -0.740. The summed E-state index contributed by atoms with van der Waals surface area (Å²) < 4.78 is 26.8. The molecule has 0 saturated carbocycles. The van der Waals surface area contributed by atoms with E-state index >= 15 is 0 Å². The predicted octanol–water partition coefficient (Wildman–Crippen LogP) is 1.29. The maximum atomic E-state index is 12.6. The van der Waals surface area contributed by atoms with Gasteiger partial charge in [0, 0.05) is 37.3 Å². The molecule has 7 nitrogen and oxygen atoms in total. The number of sulfonamides is 1. The summed E-state index contributed by atoms with van der Waals surface area (Å²) in [5.74, 6) is 1.37. The smallest absolute Gasteiger partial charge is 0.267 e. The van der Waals surface area contributed by atoms with E-state index in [1.807, 2.05) is 0 Å². The number of amides is 1. The number of nitrogens with zero attached hydrogens (tertiary/aromatic N) is 1. The Morgan fingerprint density at radius 1 is 1.31 bits per heavy atom. The molecule has 2 fully saturated rings. The molecule has 0 bridgehead atoms. The lowest BCUT2D eigenvalue weighted by atomic mass is 9.81. The van der Waals surface area contributed by atoms with Gasteiger partial charge in [0.2, 0.25) is 10.0 Å². The third-order valence-electron chi connectivity index (χ3n) is 5.00. The molecular formula is C16H27ClN4O3S2. The molecule has 0 unspecified atom stereocenters.